The zero-order valence-electron chi connectivity index (χ0n) is 17.7. The van der Waals surface area contributed by atoms with Gasteiger partial charge in [-0.1, -0.05) is 30.3 Å². The van der Waals surface area contributed by atoms with E-state index < -0.39 is 21.4 Å². The minimum Gasteiger partial charge on any atom is -0.598 e. The second kappa shape index (κ2) is 9.24. The third-order valence-corrected chi connectivity index (χ3v) is 9.70. The monoisotopic (exact) mass is 441 g/mol. The number of piperidine rings is 1. The topological polar surface area (TPSA) is 98.5 Å². The maximum atomic E-state index is 12.9. The number of sulfonamides is 1. The van der Waals surface area contributed by atoms with Gasteiger partial charge in [-0.2, -0.15) is 4.31 Å². The van der Waals surface area contributed by atoms with Crippen LogP contribution in [-0.2, 0) is 27.8 Å². The summed E-state index contributed by atoms with van der Waals surface area (Å²) >= 11 is -1.17. The second-order valence-corrected chi connectivity index (χ2v) is 13.3. The van der Waals surface area contributed by atoms with Gasteiger partial charge in [0.1, 0.15) is 4.75 Å². The van der Waals surface area contributed by atoms with Crippen LogP contribution in [0.5, 0.6) is 0 Å². The fourth-order valence-corrected chi connectivity index (χ4v) is 7.40. The summed E-state index contributed by atoms with van der Waals surface area (Å²) in [5.41, 5.74) is 6.75. The lowest BCUT2D eigenvalue weighted by molar-refractivity contribution is 0.165. The normalized spacial score (nSPS) is 27.7. The lowest BCUT2D eigenvalue weighted by Gasteiger charge is -2.41. The predicted molar refractivity (Wildman–Crippen MR) is 119 cm³/mol. The van der Waals surface area contributed by atoms with Crippen LogP contribution in [0.15, 0.2) is 30.3 Å². The van der Waals surface area contributed by atoms with E-state index in [1.54, 1.807) is 4.31 Å². The number of benzene rings is 1. The Morgan fingerprint density at radius 3 is 2.31 bits per heavy atom. The molecule has 0 aromatic heterocycles. The Hall–Kier alpha value is -0.640. The van der Waals surface area contributed by atoms with E-state index in [1.807, 2.05) is 39.0 Å². The van der Waals surface area contributed by atoms with Crippen LogP contribution in [0.3, 0.4) is 0 Å². The summed E-state index contributed by atoms with van der Waals surface area (Å²) < 4.78 is 43.1. The number of nitrogens with zero attached hydrogens (tertiary/aromatic N) is 1. The van der Waals surface area contributed by atoms with Gasteiger partial charge in [-0.15, -0.1) is 4.72 Å². The quantitative estimate of drug-likeness (QED) is 0.603. The lowest BCUT2D eigenvalue weighted by atomic mass is 9.84. The molecule has 5 atom stereocenters. The smallest absolute Gasteiger partial charge is 0.215 e. The molecule has 2 aliphatic rings. The molecule has 0 aliphatic carbocycles. The van der Waals surface area contributed by atoms with Gasteiger partial charge in [-0.25, -0.2) is 8.42 Å². The first-order valence-corrected chi connectivity index (χ1v) is 13.3. The van der Waals surface area contributed by atoms with Crippen molar-refractivity contribution in [2.24, 2.45) is 11.7 Å². The molecule has 0 saturated carbocycles. The van der Waals surface area contributed by atoms with Crippen molar-refractivity contribution in [2.75, 3.05) is 12.3 Å². The Kier molecular flexibility index (Phi) is 7.34. The van der Waals surface area contributed by atoms with Crippen LogP contribution in [-0.4, -0.2) is 52.4 Å². The molecular formula is C21H35N3O3S2. The standard InChI is InChI=1S/C21H35N3O3S2/c1-21(2,3)28(25)23-20(13-16-7-5-4-6-8-16)17-14-18-9-10-19(15-17)24(18)29(26,27)12-11-22/h4-8,17-20,23H,9-15,22H2,1-3H3/t17-,18-,19+,20-,28-/m0/s1. The number of hydrogen-bond donors (Lipinski definition) is 2. The van der Waals surface area contributed by atoms with Crippen LogP contribution in [0, 0.1) is 5.92 Å². The highest BCUT2D eigenvalue weighted by Gasteiger charge is 2.48. The molecule has 2 fully saturated rings. The molecular weight excluding hydrogens is 406 g/mol. The van der Waals surface area contributed by atoms with Gasteiger partial charge in [-0.3, -0.25) is 0 Å². The molecule has 3 rings (SSSR count). The van der Waals surface area contributed by atoms with Gasteiger partial charge in [0, 0.05) is 30.0 Å². The maximum Gasteiger partial charge on any atom is 0.215 e. The third kappa shape index (κ3) is 5.54. The Labute approximate surface area is 179 Å². The summed E-state index contributed by atoms with van der Waals surface area (Å²) in [6, 6.07) is 10.4. The molecule has 3 N–H and O–H groups in total. The molecule has 1 aromatic carbocycles. The highest BCUT2D eigenvalue weighted by Crippen LogP contribution is 2.42. The van der Waals surface area contributed by atoms with Gasteiger partial charge in [0.25, 0.3) is 0 Å². The van der Waals surface area contributed by atoms with Gasteiger partial charge >= 0.3 is 0 Å². The predicted octanol–water partition coefficient (Wildman–Crippen LogP) is 2.18. The van der Waals surface area contributed by atoms with Crippen LogP contribution in [0.25, 0.3) is 0 Å². The van der Waals surface area contributed by atoms with Gasteiger partial charge in [-0.05, 0) is 64.4 Å². The summed E-state index contributed by atoms with van der Waals surface area (Å²) in [5.74, 6) is 0.313. The molecule has 8 heteroatoms. The van der Waals surface area contributed by atoms with E-state index in [4.69, 9.17) is 5.73 Å². The minimum atomic E-state index is -3.30. The molecule has 2 bridgehead atoms. The van der Waals surface area contributed by atoms with E-state index >= 15 is 0 Å². The van der Waals surface area contributed by atoms with Crippen molar-refractivity contribution >= 4 is 21.4 Å². The summed E-state index contributed by atoms with van der Waals surface area (Å²) in [4.78, 5) is 0. The van der Waals surface area contributed by atoms with Crippen molar-refractivity contribution in [3.05, 3.63) is 35.9 Å². The Bertz CT molecular complexity index is 753. The number of rotatable bonds is 8. The van der Waals surface area contributed by atoms with Crippen LogP contribution >= 0.6 is 0 Å². The number of fused-ring (bicyclic) bond motifs is 2. The van der Waals surface area contributed by atoms with Gasteiger partial charge in [0.15, 0.2) is 0 Å². The molecule has 0 spiro atoms. The average molecular weight is 442 g/mol. The SMILES string of the molecule is CC(C)(C)[S@+]([O-])N[C@@H](Cc1ccccc1)[C@@H]1C[C@H]2CC[C@@H](C1)N2S(=O)(=O)CCN. The average Bonchev–Trinajstić information content (AvgIpc) is 2.93. The van der Waals surface area contributed by atoms with E-state index in [0.29, 0.717) is 5.92 Å². The number of hydrogen-bond acceptors (Lipinski definition) is 5. The molecule has 0 radical (unpaired) electrons. The first-order chi connectivity index (χ1) is 13.6. The van der Waals surface area contributed by atoms with E-state index in [9.17, 15) is 13.0 Å². The Balaban J connectivity index is 1.78. The molecule has 6 nitrogen and oxygen atoms in total. The highest BCUT2D eigenvalue weighted by atomic mass is 32.2. The molecule has 29 heavy (non-hydrogen) atoms. The first kappa shape index (κ1) is 23.0. The molecule has 0 amide bonds. The van der Waals surface area contributed by atoms with Crippen molar-refractivity contribution in [2.45, 2.75) is 75.7 Å². The number of nitrogens with two attached hydrogens (primary N) is 1. The molecule has 1 aromatic rings. The number of nitrogens with one attached hydrogen (secondary N) is 1. The van der Waals surface area contributed by atoms with Crippen LogP contribution in [0.4, 0.5) is 0 Å². The lowest BCUT2D eigenvalue weighted by Crippen LogP contribution is -2.54. The van der Waals surface area contributed by atoms with Crippen LogP contribution < -0.4 is 10.5 Å². The van der Waals surface area contributed by atoms with E-state index in [0.717, 1.165) is 32.1 Å². The zero-order chi connectivity index (χ0) is 21.2. The minimum absolute atomic E-state index is 0.0183. The molecule has 164 valence electrons. The van der Waals surface area contributed by atoms with Gasteiger partial charge in [0.05, 0.1) is 11.8 Å². The summed E-state index contributed by atoms with van der Waals surface area (Å²) in [6.45, 7) is 6.08. The Morgan fingerprint density at radius 2 is 1.79 bits per heavy atom. The van der Waals surface area contributed by atoms with Crippen LogP contribution in [0.2, 0.25) is 0 Å². The van der Waals surface area contributed by atoms with E-state index in [1.165, 1.54) is 5.56 Å². The Morgan fingerprint density at radius 1 is 1.21 bits per heavy atom. The second-order valence-electron chi connectivity index (χ2n) is 9.35. The summed E-state index contributed by atoms with van der Waals surface area (Å²) in [6.07, 6.45) is 4.23. The fourth-order valence-electron chi connectivity index (χ4n) is 4.70. The van der Waals surface area contributed by atoms with E-state index in [-0.39, 0.29) is 35.2 Å². The van der Waals surface area contributed by atoms with Gasteiger partial charge in [0.2, 0.25) is 10.0 Å². The fraction of sp³-hybridized carbons (Fsp3) is 0.714. The van der Waals surface area contributed by atoms with Crippen molar-refractivity contribution < 1.29 is 13.0 Å². The molecule has 2 saturated heterocycles. The van der Waals surface area contributed by atoms with Crippen molar-refractivity contribution in [3.63, 3.8) is 0 Å². The summed E-state index contributed by atoms with van der Waals surface area (Å²) in [7, 11) is -3.30. The first-order valence-electron chi connectivity index (χ1n) is 10.5. The summed E-state index contributed by atoms with van der Waals surface area (Å²) in [5, 5.41) is 0. The molecule has 2 aliphatic heterocycles. The highest BCUT2D eigenvalue weighted by molar-refractivity contribution is 7.90. The zero-order valence-corrected chi connectivity index (χ0v) is 19.3. The van der Waals surface area contributed by atoms with Crippen molar-refractivity contribution in [1.82, 2.24) is 9.03 Å². The largest absolute Gasteiger partial charge is 0.598 e. The van der Waals surface area contributed by atoms with E-state index in [2.05, 4.69) is 16.9 Å². The van der Waals surface area contributed by atoms with Gasteiger partial charge < -0.3 is 10.3 Å². The molecule has 2 heterocycles. The van der Waals surface area contributed by atoms with Crippen molar-refractivity contribution in [3.8, 4) is 0 Å². The maximum absolute atomic E-state index is 12.9. The third-order valence-electron chi connectivity index (χ3n) is 6.08. The van der Waals surface area contributed by atoms with Crippen LogP contribution in [0.1, 0.15) is 52.0 Å². The molecule has 0 unspecified atom stereocenters. The van der Waals surface area contributed by atoms with Crippen molar-refractivity contribution in [1.29, 1.82) is 0 Å².